The minimum atomic E-state index is -0.0978. The Morgan fingerprint density at radius 2 is 1.53 bits per heavy atom. The number of halogens is 3. The van der Waals surface area contributed by atoms with Gasteiger partial charge in [0, 0.05) is 6.54 Å². The fourth-order valence-corrected chi connectivity index (χ4v) is 2.82. The maximum atomic E-state index is 9.60. The third kappa shape index (κ3) is 2.18. The first kappa shape index (κ1) is 13.3. The van der Waals surface area contributed by atoms with Crippen molar-refractivity contribution in [3.05, 3.63) is 20.1 Å². The summed E-state index contributed by atoms with van der Waals surface area (Å²) in [6.07, 6.45) is 0.850. The number of hydrogen-bond donors (Lipinski definition) is 3. The van der Waals surface area contributed by atoms with Gasteiger partial charge in [-0.15, -0.1) is 17.0 Å². The summed E-state index contributed by atoms with van der Waals surface area (Å²) >= 11 is 6.57. The molecule has 6 heteroatoms. The van der Waals surface area contributed by atoms with Crippen LogP contribution in [0.15, 0.2) is 8.95 Å². The number of phenols is 2. The van der Waals surface area contributed by atoms with E-state index in [2.05, 4.69) is 37.2 Å². The van der Waals surface area contributed by atoms with Gasteiger partial charge in [0.15, 0.2) is 11.5 Å². The highest BCUT2D eigenvalue weighted by Crippen LogP contribution is 2.45. The summed E-state index contributed by atoms with van der Waals surface area (Å²) in [5.41, 5.74) is 2.07. The molecule has 0 bridgehead atoms. The monoisotopic (exact) mass is 401 g/mol. The zero-order valence-corrected chi connectivity index (χ0v) is 12.6. The first-order valence-corrected chi connectivity index (χ1v) is 5.83. The maximum Gasteiger partial charge on any atom is 0.173 e. The lowest BCUT2D eigenvalue weighted by Gasteiger charge is -2.21. The first-order valence-electron chi connectivity index (χ1n) is 4.24. The SMILES string of the molecule is Br.Oc1c(O)c(Br)c2c(c1Br)CCNC2. The van der Waals surface area contributed by atoms with Gasteiger partial charge in [-0.05, 0) is 56.0 Å². The van der Waals surface area contributed by atoms with Crippen LogP contribution >= 0.6 is 48.8 Å². The smallest absolute Gasteiger partial charge is 0.173 e. The van der Waals surface area contributed by atoms with E-state index in [1.165, 1.54) is 0 Å². The van der Waals surface area contributed by atoms with Gasteiger partial charge in [-0.2, -0.15) is 0 Å². The van der Waals surface area contributed by atoms with Crippen LogP contribution in [-0.4, -0.2) is 16.8 Å². The van der Waals surface area contributed by atoms with Gasteiger partial charge in [0.05, 0.1) is 8.95 Å². The molecule has 15 heavy (non-hydrogen) atoms. The molecule has 84 valence electrons. The van der Waals surface area contributed by atoms with Crippen molar-refractivity contribution in [2.75, 3.05) is 6.54 Å². The van der Waals surface area contributed by atoms with Crippen LogP contribution in [0.25, 0.3) is 0 Å². The third-order valence-corrected chi connectivity index (χ3v) is 4.10. The molecule has 0 aliphatic carbocycles. The number of aromatic hydroxyl groups is 2. The lowest BCUT2D eigenvalue weighted by Crippen LogP contribution is -2.24. The number of phenolic OH excluding ortho intramolecular Hbond substituents is 2. The molecule has 0 saturated heterocycles. The zero-order valence-electron chi connectivity index (χ0n) is 7.68. The van der Waals surface area contributed by atoms with Crippen molar-refractivity contribution < 1.29 is 10.2 Å². The van der Waals surface area contributed by atoms with Crippen LogP contribution in [0.1, 0.15) is 11.1 Å². The highest BCUT2D eigenvalue weighted by Gasteiger charge is 2.22. The molecular weight excluding hydrogens is 394 g/mol. The predicted octanol–water partition coefficient (Wildman–Crippen LogP) is 2.85. The Labute approximate surface area is 115 Å². The number of nitrogens with one attached hydrogen (secondary N) is 1. The molecule has 3 nitrogen and oxygen atoms in total. The van der Waals surface area contributed by atoms with Crippen molar-refractivity contribution in [2.24, 2.45) is 0 Å². The molecule has 1 aliphatic heterocycles. The zero-order chi connectivity index (χ0) is 10.3. The molecule has 0 unspecified atom stereocenters. The van der Waals surface area contributed by atoms with Crippen molar-refractivity contribution in [1.29, 1.82) is 0 Å². The number of fused-ring (bicyclic) bond motifs is 1. The summed E-state index contributed by atoms with van der Waals surface area (Å²) in [5.74, 6) is -0.183. The van der Waals surface area contributed by atoms with E-state index in [-0.39, 0.29) is 28.5 Å². The van der Waals surface area contributed by atoms with Crippen LogP contribution in [0.5, 0.6) is 11.5 Å². The van der Waals surface area contributed by atoms with Crippen molar-refractivity contribution in [3.63, 3.8) is 0 Å². The Morgan fingerprint density at radius 3 is 2.13 bits per heavy atom. The Morgan fingerprint density at radius 1 is 1.00 bits per heavy atom. The van der Waals surface area contributed by atoms with E-state index in [1.807, 2.05) is 0 Å². The predicted molar refractivity (Wildman–Crippen MR) is 70.9 cm³/mol. The average Bonchev–Trinajstić information content (AvgIpc) is 2.23. The molecule has 0 fully saturated rings. The van der Waals surface area contributed by atoms with Gasteiger partial charge in [0.1, 0.15) is 0 Å². The van der Waals surface area contributed by atoms with Crippen LogP contribution in [0, 0.1) is 0 Å². The summed E-state index contributed by atoms with van der Waals surface area (Å²) < 4.78 is 1.19. The van der Waals surface area contributed by atoms with E-state index in [9.17, 15) is 10.2 Å². The van der Waals surface area contributed by atoms with Gasteiger partial charge in [0.25, 0.3) is 0 Å². The highest BCUT2D eigenvalue weighted by atomic mass is 79.9. The Hall–Kier alpha value is 0.220. The number of benzene rings is 1. The topological polar surface area (TPSA) is 52.5 Å². The molecule has 1 aliphatic rings. The van der Waals surface area contributed by atoms with Gasteiger partial charge in [-0.3, -0.25) is 0 Å². The molecule has 1 aromatic rings. The van der Waals surface area contributed by atoms with Crippen LogP contribution in [0.4, 0.5) is 0 Å². The Bertz CT molecular complexity index is 359. The third-order valence-electron chi connectivity index (χ3n) is 2.39. The summed E-state index contributed by atoms with van der Waals surface area (Å²) in [6.45, 7) is 1.60. The second kappa shape index (κ2) is 5.03. The van der Waals surface area contributed by atoms with E-state index in [0.717, 1.165) is 24.1 Å². The molecule has 0 radical (unpaired) electrons. The summed E-state index contributed by atoms with van der Waals surface area (Å²) in [6, 6.07) is 0. The maximum absolute atomic E-state index is 9.60. The number of hydrogen-bond acceptors (Lipinski definition) is 3. The molecule has 1 aromatic carbocycles. The molecule has 3 N–H and O–H groups in total. The fourth-order valence-electron chi connectivity index (χ4n) is 1.63. The van der Waals surface area contributed by atoms with Crippen LogP contribution in [0.2, 0.25) is 0 Å². The molecule has 0 saturated carbocycles. The average molecular weight is 404 g/mol. The van der Waals surface area contributed by atoms with Gasteiger partial charge in [-0.25, -0.2) is 0 Å². The quantitative estimate of drug-likeness (QED) is 0.584. The van der Waals surface area contributed by atoms with E-state index in [4.69, 9.17) is 0 Å². The van der Waals surface area contributed by atoms with Gasteiger partial charge in [0.2, 0.25) is 0 Å². The van der Waals surface area contributed by atoms with Gasteiger partial charge < -0.3 is 15.5 Å². The van der Waals surface area contributed by atoms with Gasteiger partial charge >= 0.3 is 0 Å². The largest absolute Gasteiger partial charge is 0.503 e. The normalized spacial score (nSPS) is 14.3. The second-order valence-electron chi connectivity index (χ2n) is 3.21. The number of rotatable bonds is 0. The Kier molecular flexibility index (Phi) is 4.46. The summed E-state index contributed by atoms with van der Waals surface area (Å²) in [4.78, 5) is 0. The standard InChI is InChI=1S/C9H9Br2NO2.BrH/c10-6-4-1-2-12-3-5(4)7(11)9(14)8(6)13;/h12-14H,1-3H2;1H. The molecule has 0 aromatic heterocycles. The lowest BCUT2D eigenvalue weighted by molar-refractivity contribution is 0.396. The van der Waals surface area contributed by atoms with Crippen molar-refractivity contribution >= 4 is 48.8 Å². The van der Waals surface area contributed by atoms with E-state index < -0.39 is 0 Å². The van der Waals surface area contributed by atoms with Gasteiger partial charge in [-0.1, -0.05) is 0 Å². The fraction of sp³-hybridized carbons (Fsp3) is 0.333. The minimum absolute atomic E-state index is 0. The van der Waals surface area contributed by atoms with Crippen LogP contribution in [0.3, 0.4) is 0 Å². The van der Waals surface area contributed by atoms with E-state index in [0.29, 0.717) is 15.5 Å². The minimum Gasteiger partial charge on any atom is -0.503 e. The Balaban J connectivity index is 0.00000112. The molecule has 0 amide bonds. The van der Waals surface area contributed by atoms with E-state index >= 15 is 0 Å². The van der Waals surface area contributed by atoms with E-state index in [1.54, 1.807) is 0 Å². The first-order chi connectivity index (χ1) is 6.63. The summed E-state index contributed by atoms with van der Waals surface area (Å²) in [7, 11) is 0. The molecule has 1 heterocycles. The lowest BCUT2D eigenvalue weighted by atomic mass is 10.0. The molecule has 0 spiro atoms. The highest BCUT2D eigenvalue weighted by molar-refractivity contribution is 9.11. The molecular formula is C9H10Br3NO2. The molecule has 0 atom stereocenters. The van der Waals surface area contributed by atoms with Crippen molar-refractivity contribution in [1.82, 2.24) is 5.32 Å². The van der Waals surface area contributed by atoms with Crippen LogP contribution in [-0.2, 0) is 13.0 Å². The van der Waals surface area contributed by atoms with Crippen molar-refractivity contribution in [3.8, 4) is 11.5 Å². The second-order valence-corrected chi connectivity index (χ2v) is 4.80. The molecule has 2 rings (SSSR count). The van der Waals surface area contributed by atoms with Crippen LogP contribution < -0.4 is 5.32 Å². The van der Waals surface area contributed by atoms with Crippen molar-refractivity contribution in [2.45, 2.75) is 13.0 Å². The summed E-state index contributed by atoms with van der Waals surface area (Å²) in [5, 5.41) is 22.4.